The summed E-state index contributed by atoms with van der Waals surface area (Å²) in [6, 6.07) is 20.6. The van der Waals surface area contributed by atoms with Crippen molar-refractivity contribution in [3.05, 3.63) is 124 Å². The first-order valence-corrected chi connectivity index (χ1v) is 13.0. The molecule has 4 rings (SSSR count). The summed E-state index contributed by atoms with van der Waals surface area (Å²) in [4.78, 5) is 4.52. The molecule has 0 amide bonds. The van der Waals surface area contributed by atoms with Crippen molar-refractivity contribution < 1.29 is 9.84 Å². The van der Waals surface area contributed by atoms with Crippen molar-refractivity contribution >= 4 is 17.9 Å². The molecule has 1 atom stereocenters. The largest absolute Gasteiger partial charge is 0.493 e. The van der Waals surface area contributed by atoms with Crippen LogP contribution in [0.2, 0.25) is 0 Å². The van der Waals surface area contributed by atoms with Crippen LogP contribution >= 0.6 is 0 Å². The van der Waals surface area contributed by atoms with Gasteiger partial charge >= 0.3 is 0 Å². The third-order valence-corrected chi connectivity index (χ3v) is 6.90. The summed E-state index contributed by atoms with van der Waals surface area (Å²) < 4.78 is 6.25. The first kappa shape index (κ1) is 26.4. The van der Waals surface area contributed by atoms with Crippen molar-refractivity contribution in [2.24, 2.45) is 10.9 Å². The average molecular weight is 492 g/mol. The van der Waals surface area contributed by atoms with Crippen molar-refractivity contribution in [1.29, 1.82) is 0 Å². The molecule has 1 N–H and O–H groups in total. The SMILES string of the molecule is C=C1c2cccc(c2)CCOc2cc(ccc2C)C(O)(/C(C)=C/N=CC(C)C)c2ccc(/C=C\C)c1c2. The standard InChI is InChI=1S/C34H37NO2/c1-7-9-28-13-15-30-19-32(28)26(6)29-11-8-10-27(18-29)16-17-37-33-20-31(14-12-24(33)4)34(30,36)25(5)22-35-21-23(2)3/h7-15,18-23,36H,6,16-17H2,1-5H3/b9-7-,25-22+,35-21?. The number of benzene rings is 3. The maximum atomic E-state index is 12.5. The van der Waals surface area contributed by atoms with Gasteiger partial charge in [0.15, 0.2) is 0 Å². The van der Waals surface area contributed by atoms with Gasteiger partial charge in [-0.1, -0.05) is 81.1 Å². The van der Waals surface area contributed by atoms with Crippen LogP contribution in [-0.4, -0.2) is 17.9 Å². The van der Waals surface area contributed by atoms with Crippen molar-refractivity contribution in [3.8, 4) is 5.75 Å². The fraction of sp³-hybridized carbons (Fsp3) is 0.265. The van der Waals surface area contributed by atoms with Crippen molar-refractivity contribution in [2.75, 3.05) is 6.61 Å². The molecule has 3 aromatic carbocycles. The third kappa shape index (κ3) is 5.52. The molecule has 1 aliphatic heterocycles. The summed E-state index contributed by atoms with van der Waals surface area (Å²) in [6.45, 7) is 15.2. The summed E-state index contributed by atoms with van der Waals surface area (Å²) in [5.41, 5.74) is 7.08. The highest BCUT2D eigenvalue weighted by Crippen LogP contribution is 2.41. The number of aryl methyl sites for hydroxylation is 1. The Labute approximate surface area is 221 Å². The molecule has 0 radical (unpaired) electrons. The molecule has 0 aliphatic carbocycles. The molecule has 0 saturated heterocycles. The predicted molar refractivity (Wildman–Crippen MR) is 156 cm³/mol. The lowest BCUT2D eigenvalue weighted by Crippen LogP contribution is -2.29. The van der Waals surface area contributed by atoms with Gasteiger partial charge in [-0.25, -0.2) is 0 Å². The Morgan fingerprint density at radius 2 is 1.84 bits per heavy atom. The lowest BCUT2D eigenvalue weighted by molar-refractivity contribution is 0.120. The molecule has 0 aromatic heterocycles. The summed E-state index contributed by atoms with van der Waals surface area (Å²) >= 11 is 0. The number of allylic oxidation sites excluding steroid dienone is 1. The number of hydrogen-bond acceptors (Lipinski definition) is 3. The summed E-state index contributed by atoms with van der Waals surface area (Å²) in [5, 5.41) is 12.5. The Morgan fingerprint density at radius 1 is 1.08 bits per heavy atom. The Morgan fingerprint density at radius 3 is 2.59 bits per heavy atom. The van der Waals surface area contributed by atoms with E-state index in [0.29, 0.717) is 12.5 Å². The molecule has 190 valence electrons. The van der Waals surface area contributed by atoms with Crippen molar-refractivity contribution in [3.63, 3.8) is 0 Å². The van der Waals surface area contributed by atoms with Crippen LogP contribution in [0.25, 0.3) is 11.6 Å². The maximum absolute atomic E-state index is 12.5. The van der Waals surface area contributed by atoms with Crippen molar-refractivity contribution in [1.82, 2.24) is 0 Å². The number of fused-ring (bicyclic) bond motifs is 6. The number of aliphatic imine (C=N–C) groups is 1. The Kier molecular flexibility index (Phi) is 7.94. The fourth-order valence-corrected chi connectivity index (χ4v) is 4.74. The van der Waals surface area contributed by atoms with Gasteiger partial charge in [0.1, 0.15) is 11.4 Å². The van der Waals surface area contributed by atoms with E-state index in [9.17, 15) is 5.11 Å². The number of ether oxygens (including phenoxy) is 1. The minimum absolute atomic E-state index is 0.313. The quantitative estimate of drug-likeness (QED) is 0.377. The zero-order valence-electron chi connectivity index (χ0n) is 22.6. The minimum Gasteiger partial charge on any atom is -0.493 e. The molecule has 1 aliphatic rings. The smallest absolute Gasteiger partial charge is 0.138 e. The van der Waals surface area contributed by atoms with Gasteiger partial charge in [0.2, 0.25) is 0 Å². The molecule has 37 heavy (non-hydrogen) atoms. The van der Waals surface area contributed by atoms with E-state index >= 15 is 0 Å². The van der Waals surface area contributed by atoms with Crippen molar-refractivity contribution in [2.45, 2.75) is 46.6 Å². The number of rotatable bonds is 4. The van der Waals surface area contributed by atoms with Gasteiger partial charge in [-0.05, 0) is 88.9 Å². The molecule has 0 spiro atoms. The average Bonchev–Trinajstić information content (AvgIpc) is 2.88. The Bertz CT molecular complexity index is 1390. The van der Waals surface area contributed by atoms with Crippen LogP contribution in [0.1, 0.15) is 66.6 Å². The maximum Gasteiger partial charge on any atom is 0.138 e. The van der Waals surface area contributed by atoms with E-state index in [0.717, 1.165) is 56.7 Å². The zero-order valence-corrected chi connectivity index (χ0v) is 22.6. The normalized spacial score (nSPS) is 18.4. The molecule has 0 saturated carbocycles. The Hall–Kier alpha value is -3.69. The molecular weight excluding hydrogens is 454 g/mol. The van der Waals surface area contributed by atoms with E-state index in [1.807, 2.05) is 57.3 Å². The van der Waals surface area contributed by atoms with Gasteiger partial charge in [0.25, 0.3) is 0 Å². The monoisotopic (exact) mass is 491 g/mol. The van der Waals surface area contributed by atoms with E-state index in [1.165, 1.54) is 5.56 Å². The zero-order chi connectivity index (χ0) is 26.6. The van der Waals surface area contributed by atoms with E-state index in [-0.39, 0.29) is 0 Å². The summed E-state index contributed by atoms with van der Waals surface area (Å²) in [6.07, 6.45) is 8.54. The molecule has 1 unspecified atom stereocenters. The van der Waals surface area contributed by atoms with Gasteiger partial charge in [0.05, 0.1) is 6.61 Å². The minimum atomic E-state index is -1.41. The highest BCUT2D eigenvalue weighted by molar-refractivity contribution is 5.84. The van der Waals surface area contributed by atoms with E-state index in [1.54, 1.807) is 6.20 Å². The van der Waals surface area contributed by atoms with Gasteiger partial charge < -0.3 is 9.84 Å². The van der Waals surface area contributed by atoms with E-state index < -0.39 is 5.60 Å². The second kappa shape index (κ2) is 11.1. The molecular formula is C34H37NO2. The second-order valence-corrected chi connectivity index (χ2v) is 10.1. The Balaban J connectivity index is 2.02. The second-order valence-electron chi connectivity index (χ2n) is 10.1. The number of nitrogens with zero attached hydrogens (tertiary/aromatic N) is 1. The molecule has 3 nitrogen and oxygen atoms in total. The molecule has 1 heterocycles. The number of aliphatic hydroxyl groups is 1. The van der Waals surface area contributed by atoms with E-state index in [2.05, 4.69) is 67.9 Å². The molecule has 6 bridgehead atoms. The van der Waals surface area contributed by atoms with Crippen LogP contribution < -0.4 is 4.74 Å². The highest BCUT2D eigenvalue weighted by atomic mass is 16.5. The predicted octanol–water partition coefficient (Wildman–Crippen LogP) is 7.89. The van der Waals surface area contributed by atoms with Gasteiger partial charge in [-0.15, -0.1) is 0 Å². The van der Waals surface area contributed by atoms with Gasteiger partial charge in [-0.2, -0.15) is 0 Å². The first-order chi connectivity index (χ1) is 17.7. The lowest BCUT2D eigenvalue weighted by atomic mass is 9.78. The first-order valence-electron chi connectivity index (χ1n) is 13.0. The topological polar surface area (TPSA) is 41.8 Å². The number of hydrogen-bond donors (Lipinski definition) is 1. The van der Waals surface area contributed by atoms with Crippen LogP contribution in [0.15, 0.2) is 90.1 Å². The fourth-order valence-electron chi connectivity index (χ4n) is 4.74. The van der Waals surface area contributed by atoms with Crippen LogP contribution in [0, 0.1) is 12.8 Å². The van der Waals surface area contributed by atoms with Gasteiger partial charge in [-0.3, -0.25) is 4.99 Å². The molecule has 0 fully saturated rings. The van der Waals surface area contributed by atoms with E-state index in [4.69, 9.17) is 4.74 Å². The molecule has 3 aromatic rings. The lowest BCUT2D eigenvalue weighted by Gasteiger charge is -2.32. The van der Waals surface area contributed by atoms with Crippen LogP contribution in [0.3, 0.4) is 0 Å². The third-order valence-electron chi connectivity index (χ3n) is 6.90. The van der Waals surface area contributed by atoms with Gasteiger partial charge in [0, 0.05) is 18.8 Å². The van der Waals surface area contributed by atoms with Crippen LogP contribution in [-0.2, 0) is 12.0 Å². The summed E-state index contributed by atoms with van der Waals surface area (Å²) in [5.74, 6) is 1.09. The van der Waals surface area contributed by atoms with Crippen LogP contribution in [0.4, 0.5) is 0 Å². The molecule has 3 heteroatoms. The summed E-state index contributed by atoms with van der Waals surface area (Å²) in [7, 11) is 0. The van der Waals surface area contributed by atoms with Crippen LogP contribution in [0.5, 0.6) is 5.75 Å². The highest BCUT2D eigenvalue weighted by Gasteiger charge is 2.35.